The third-order valence-electron chi connectivity index (χ3n) is 3.02. The molecule has 1 saturated carbocycles. The van der Waals surface area contributed by atoms with Crippen molar-refractivity contribution in [3.8, 4) is 0 Å². The minimum atomic E-state index is -0.854. The first-order valence-electron chi connectivity index (χ1n) is 5.47. The first-order valence-corrected chi connectivity index (χ1v) is 5.47. The van der Waals surface area contributed by atoms with Gasteiger partial charge in [0.25, 0.3) is 0 Å². The highest BCUT2D eigenvalue weighted by atomic mass is 16.5. The summed E-state index contributed by atoms with van der Waals surface area (Å²) in [5, 5.41) is 12.4. The summed E-state index contributed by atoms with van der Waals surface area (Å²) in [6, 6.07) is 5.52. The van der Waals surface area contributed by atoms with Gasteiger partial charge in [-0.25, -0.2) is 0 Å². The van der Waals surface area contributed by atoms with Crippen molar-refractivity contribution >= 4 is 24.2 Å². The van der Waals surface area contributed by atoms with Crippen LogP contribution in [0.3, 0.4) is 0 Å². The highest BCUT2D eigenvalue weighted by molar-refractivity contribution is 6.61. The van der Waals surface area contributed by atoms with Crippen molar-refractivity contribution in [2.75, 3.05) is 5.32 Å². The second kappa shape index (κ2) is 3.61. The Bertz CT molecular complexity index is 454. The van der Waals surface area contributed by atoms with E-state index >= 15 is 0 Å². The van der Waals surface area contributed by atoms with Crippen molar-refractivity contribution in [2.24, 2.45) is 5.92 Å². The van der Waals surface area contributed by atoms with E-state index < -0.39 is 7.12 Å². The lowest BCUT2D eigenvalue weighted by Gasteiger charge is -2.06. The Balaban J connectivity index is 0.000000810. The van der Waals surface area contributed by atoms with Crippen molar-refractivity contribution in [3.63, 3.8) is 0 Å². The largest absolute Gasteiger partial charge is 0.491 e. The molecular weight excluding hydrogens is 205 g/mol. The zero-order valence-electron chi connectivity index (χ0n) is 8.77. The highest BCUT2D eigenvalue weighted by Gasteiger charge is 2.31. The number of hydrogen-bond acceptors (Lipinski definition) is 3. The topological polar surface area (TPSA) is 58.6 Å². The Labute approximate surface area is 96.7 Å². The second-order valence-electron chi connectivity index (χ2n) is 4.34. The standard InChI is InChI=1S/C11H12BNO3.2H2/c14-11(7-1-2-7)13-9-4-3-8-6-16-12(15)10(8)5-9;;/h3-5,7,15H,1-2,6H2,(H,13,14);2*1H. The van der Waals surface area contributed by atoms with Gasteiger partial charge in [0.2, 0.25) is 5.91 Å². The van der Waals surface area contributed by atoms with Crippen LogP contribution in [0.1, 0.15) is 21.3 Å². The molecule has 0 spiro atoms. The Morgan fingerprint density at radius 2 is 2.38 bits per heavy atom. The van der Waals surface area contributed by atoms with E-state index in [1.807, 2.05) is 12.1 Å². The molecule has 0 saturated heterocycles. The molecule has 86 valence electrons. The van der Waals surface area contributed by atoms with Crippen LogP contribution in [0.2, 0.25) is 0 Å². The third-order valence-corrected chi connectivity index (χ3v) is 3.02. The Morgan fingerprint density at radius 1 is 1.56 bits per heavy atom. The SMILES string of the molecule is O=C(Nc1ccc2c(c1)B(O)OC2)C1CC1.[HH].[HH]. The molecule has 0 aromatic heterocycles. The molecule has 1 fully saturated rings. The number of fused-ring (bicyclic) bond motifs is 1. The fourth-order valence-electron chi connectivity index (χ4n) is 1.88. The van der Waals surface area contributed by atoms with Gasteiger partial charge >= 0.3 is 7.12 Å². The molecule has 0 radical (unpaired) electrons. The van der Waals surface area contributed by atoms with Crippen molar-refractivity contribution in [3.05, 3.63) is 23.8 Å². The van der Waals surface area contributed by atoms with Crippen molar-refractivity contribution < 1.29 is 17.3 Å². The van der Waals surface area contributed by atoms with Crippen LogP contribution >= 0.6 is 0 Å². The van der Waals surface area contributed by atoms with Crippen LogP contribution in [0.15, 0.2) is 18.2 Å². The van der Waals surface area contributed by atoms with Gasteiger partial charge in [0.1, 0.15) is 0 Å². The van der Waals surface area contributed by atoms with Crippen molar-refractivity contribution in [1.82, 2.24) is 0 Å². The predicted octanol–water partition coefficient (Wildman–Crippen LogP) is 0.745. The fourth-order valence-corrected chi connectivity index (χ4v) is 1.88. The molecule has 0 unspecified atom stereocenters. The summed E-state index contributed by atoms with van der Waals surface area (Å²) in [4.78, 5) is 11.6. The van der Waals surface area contributed by atoms with Gasteiger partial charge in [-0.15, -0.1) is 0 Å². The molecule has 1 aliphatic heterocycles. The van der Waals surface area contributed by atoms with Gasteiger partial charge in [0.05, 0.1) is 6.61 Å². The molecule has 1 aromatic rings. The first kappa shape index (κ1) is 9.87. The summed E-state index contributed by atoms with van der Waals surface area (Å²) in [6.45, 7) is 0.438. The molecule has 2 aliphatic rings. The van der Waals surface area contributed by atoms with Crippen LogP contribution in [0, 0.1) is 5.92 Å². The number of benzene rings is 1. The van der Waals surface area contributed by atoms with Crippen LogP contribution in [0.25, 0.3) is 0 Å². The molecule has 1 aliphatic carbocycles. The smallest absolute Gasteiger partial charge is 0.423 e. The van der Waals surface area contributed by atoms with E-state index in [-0.39, 0.29) is 14.7 Å². The van der Waals surface area contributed by atoms with Gasteiger partial charge in [-0.1, -0.05) is 6.07 Å². The van der Waals surface area contributed by atoms with E-state index in [1.54, 1.807) is 6.07 Å². The summed E-state index contributed by atoms with van der Waals surface area (Å²) in [5.74, 6) is 0.266. The minimum Gasteiger partial charge on any atom is -0.423 e. The van der Waals surface area contributed by atoms with E-state index in [0.29, 0.717) is 6.61 Å². The summed E-state index contributed by atoms with van der Waals surface area (Å²) in [6.07, 6.45) is 1.98. The molecule has 3 rings (SSSR count). The number of carbonyl (C=O) groups excluding carboxylic acids is 1. The predicted molar refractivity (Wildman–Crippen MR) is 64.4 cm³/mol. The van der Waals surface area contributed by atoms with E-state index in [0.717, 1.165) is 29.6 Å². The Hall–Kier alpha value is -1.33. The monoisotopic (exact) mass is 221 g/mol. The lowest BCUT2D eigenvalue weighted by Crippen LogP contribution is -2.28. The van der Waals surface area contributed by atoms with Gasteiger partial charge in [0.15, 0.2) is 0 Å². The van der Waals surface area contributed by atoms with Crippen molar-refractivity contribution in [1.29, 1.82) is 0 Å². The molecule has 16 heavy (non-hydrogen) atoms. The average molecular weight is 221 g/mol. The second-order valence-corrected chi connectivity index (χ2v) is 4.34. The quantitative estimate of drug-likeness (QED) is 0.724. The minimum absolute atomic E-state index is 0. The Kier molecular flexibility index (Phi) is 2.23. The van der Waals surface area contributed by atoms with Crippen molar-refractivity contribution in [2.45, 2.75) is 19.4 Å². The molecule has 1 aromatic carbocycles. The maximum absolute atomic E-state index is 11.6. The van der Waals surface area contributed by atoms with Crippen LogP contribution in [-0.2, 0) is 16.1 Å². The zero-order valence-corrected chi connectivity index (χ0v) is 8.77. The molecular formula is C11H16BNO3. The molecule has 5 heteroatoms. The molecule has 4 nitrogen and oxygen atoms in total. The molecule has 2 N–H and O–H groups in total. The van der Waals surface area contributed by atoms with Gasteiger partial charge in [-0.05, 0) is 36.0 Å². The third kappa shape index (κ3) is 1.72. The molecule has 0 atom stereocenters. The van der Waals surface area contributed by atoms with E-state index in [2.05, 4.69) is 5.32 Å². The summed E-state index contributed by atoms with van der Waals surface area (Å²) in [7, 11) is -0.854. The molecule has 1 heterocycles. The van der Waals surface area contributed by atoms with Gasteiger partial charge < -0.3 is 15.0 Å². The lowest BCUT2D eigenvalue weighted by molar-refractivity contribution is -0.117. The maximum atomic E-state index is 11.6. The van der Waals surface area contributed by atoms with Crippen LogP contribution in [0.5, 0.6) is 0 Å². The van der Waals surface area contributed by atoms with Crippen LogP contribution in [0.4, 0.5) is 5.69 Å². The van der Waals surface area contributed by atoms with E-state index in [1.165, 1.54) is 0 Å². The highest BCUT2D eigenvalue weighted by Crippen LogP contribution is 2.30. The zero-order chi connectivity index (χ0) is 11.1. The molecule has 0 bridgehead atoms. The van der Waals surface area contributed by atoms with E-state index in [4.69, 9.17) is 4.65 Å². The number of rotatable bonds is 2. The summed E-state index contributed by atoms with van der Waals surface area (Å²) < 4.78 is 5.09. The number of carbonyl (C=O) groups is 1. The number of anilines is 1. The van der Waals surface area contributed by atoms with Crippen LogP contribution < -0.4 is 10.8 Å². The van der Waals surface area contributed by atoms with Crippen LogP contribution in [-0.4, -0.2) is 18.0 Å². The van der Waals surface area contributed by atoms with Gasteiger partial charge in [-0.3, -0.25) is 4.79 Å². The van der Waals surface area contributed by atoms with E-state index in [9.17, 15) is 9.82 Å². The number of amides is 1. The fraction of sp³-hybridized carbons (Fsp3) is 0.364. The summed E-state index contributed by atoms with van der Waals surface area (Å²) in [5.41, 5.74) is 2.48. The first-order chi connectivity index (χ1) is 7.74. The normalized spacial score (nSPS) is 18.4. The van der Waals surface area contributed by atoms with Gasteiger partial charge in [-0.2, -0.15) is 0 Å². The van der Waals surface area contributed by atoms with Gasteiger partial charge in [0, 0.05) is 14.5 Å². The maximum Gasteiger partial charge on any atom is 0.491 e. The summed E-state index contributed by atoms with van der Waals surface area (Å²) >= 11 is 0. The molecule has 1 amide bonds. The number of hydrogen-bond donors (Lipinski definition) is 2. The Morgan fingerprint density at radius 3 is 3.12 bits per heavy atom. The average Bonchev–Trinajstić information content (AvgIpc) is 3.06. The lowest BCUT2D eigenvalue weighted by atomic mass is 9.79. The number of nitrogens with one attached hydrogen (secondary N) is 1.